The topological polar surface area (TPSA) is 101 Å². The highest BCUT2D eigenvalue weighted by atomic mass is 32.2. The SMILES string of the molecule is O=C(O)CCN(CC1CCCO1)C(=O)C1CCCS1(=O)=O. The smallest absolute Gasteiger partial charge is 0.305 e. The Bertz CT molecular complexity index is 497. The van der Waals surface area contributed by atoms with Gasteiger partial charge in [-0.3, -0.25) is 9.59 Å². The summed E-state index contributed by atoms with van der Waals surface area (Å²) in [7, 11) is -3.38. The van der Waals surface area contributed by atoms with Crippen LogP contribution in [0.4, 0.5) is 0 Å². The second kappa shape index (κ2) is 6.74. The minimum atomic E-state index is -3.38. The summed E-state index contributed by atoms with van der Waals surface area (Å²) in [5, 5.41) is 7.78. The molecule has 2 rings (SSSR count). The summed E-state index contributed by atoms with van der Waals surface area (Å²) in [6.45, 7) is 0.936. The first-order valence-electron chi connectivity index (χ1n) is 7.24. The van der Waals surface area contributed by atoms with Gasteiger partial charge in [0, 0.05) is 19.7 Å². The van der Waals surface area contributed by atoms with Crippen LogP contribution in [0.2, 0.25) is 0 Å². The van der Waals surface area contributed by atoms with Gasteiger partial charge in [0.25, 0.3) is 0 Å². The van der Waals surface area contributed by atoms with E-state index in [9.17, 15) is 18.0 Å². The average Bonchev–Trinajstić information content (AvgIpc) is 3.02. The Morgan fingerprint density at radius 2 is 2.00 bits per heavy atom. The predicted octanol–water partition coefficient (Wildman–Crippen LogP) is 0.0459. The van der Waals surface area contributed by atoms with Gasteiger partial charge >= 0.3 is 5.97 Å². The molecule has 0 aromatic carbocycles. The molecule has 2 saturated heterocycles. The number of hydrogen-bond acceptors (Lipinski definition) is 5. The molecule has 1 amide bonds. The Hall–Kier alpha value is -1.15. The highest BCUT2D eigenvalue weighted by Gasteiger charge is 2.40. The molecule has 120 valence electrons. The zero-order chi connectivity index (χ0) is 15.5. The number of sulfone groups is 1. The number of carboxylic acids is 1. The maximum absolute atomic E-state index is 12.5. The number of rotatable bonds is 6. The Morgan fingerprint density at radius 3 is 2.52 bits per heavy atom. The van der Waals surface area contributed by atoms with Crippen LogP contribution in [0.3, 0.4) is 0 Å². The van der Waals surface area contributed by atoms with Gasteiger partial charge in [0.05, 0.1) is 18.3 Å². The molecule has 0 bridgehead atoms. The minimum absolute atomic E-state index is 0.0278. The van der Waals surface area contributed by atoms with E-state index in [0.717, 1.165) is 12.8 Å². The first kappa shape index (κ1) is 16.2. The second-order valence-corrected chi connectivity index (χ2v) is 7.86. The van der Waals surface area contributed by atoms with Crippen molar-refractivity contribution in [3.05, 3.63) is 0 Å². The van der Waals surface area contributed by atoms with Crippen LogP contribution in [-0.2, 0) is 24.2 Å². The Morgan fingerprint density at radius 1 is 1.24 bits per heavy atom. The number of hydrogen-bond donors (Lipinski definition) is 1. The molecule has 1 N–H and O–H groups in total. The molecule has 0 aliphatic carbocycles. The Labute approximate surface area is 124 Å². The summed E-state index contributed by atoms with van der Waals surface area (Å²) in [5.74, 6) is -1.44. The van der Waals surface area contributed by atoms with E-state index in [2.05, 4.69) is 0 Å². The number of ether oxygens (including phenoxy) is 1. The molecule has 8 heteroatoms. The van der Waals surface area contributed by atoms with Gasteiger partial charge in [-0.15, -0.1) is 0 Å². The lowest BCUT2D eigenvalue weighted by Crippen LogP contribution is -2.45. The molecule has 2 aliphatic heterocycles. The third kappa shape index (κ3) is 4.16. The lowest BCUT2D eigenvalue weighted by Gasteiger charge is -2.27. The summed E-state index contributed by atoms with van der Waals surface area (Å²) < 4.78 is 29.2. The first-order valence-corrected chi connectivity index (χ1v) is 8.95. The third-order valence-electron chi connectivity index (χ3n) is 3.96. The van der Waals surface area contributed by atoms with Gasteiger partial charge in [-0.25, -0.2) is 8.42 Å². The van der Waals surface area contributed by atoms with E-state index in [1.54, 1.807) is 0 Å². The fraction of sp³-hybridized carbons (Fsp3) is 0.846. The van der Waals surface area contributed by atoms with Gasteiger partial charge in [0.2, 0.25) is 5.91 Å². The van der Waals surface area contributed by atoms with Gasteiger partial charge in [-0.2, -0.15) is 0 Å². The quantitative estimate of drug-likeness (QED) is 0.742. The van der Waals surface area contributed by atoms with Crippen molar-refractivity contribution in [2.45, 2.75) is 43.5 Å². The van der Waals surface area contributed by atoms with Crippen LogP contribution in [0.1, 0.15) is 32.1 Å². The van der Waals surface area contributed by atoms with E-state index >= 15 is 0 Å². The maximum Gasteiger partial charge on any atom is 0.305 e. The van der Waals surface area contributed by atoms with Crippen molar-refractivity contribution in [3.63, 3.8) is 0 Å². The second-order valence-electron chi connectivity index (χ2n) is 5.56. The van der Waals surface area contributed by atoms with Crippen molar-refractivity contribution < 1.29 is 27.9 Å². The van der Waals surface area contributed by atoms with Crippen LogP contribution < -0.4 is 0 Å². The molecule has 2 unspecified atom stereocenters. The summed E-state index contributed by atoms with van der Waals surface area (Å²) in [6, 6.07) is 0. The van der Waals surface area contributed by atoms with Gasteiger partial charge in [0.1, 0.15) is 5.25 Å². The fourth-order valence-corrected chi connectivity index (χ4v) is 4.66. The molecule has 21 heavy (non-hydrogen) atoms. The van der Waals surface area contributed by atoms with Crippen molar-refractivity contribution in [2.24, 2.45) is 0 Å². The minimum Gasteiger partial charge on any atom is -0.481 e. The molecular weight excluding hydrogens is 298 g/mol. The molecule has 0 saturated carbocycles. The molecule has 0 aromatic rings. The molecule has 0 radical (unpaired) electrons. The standard InChI is InChI=1S/C13H21NO6S/c15-12(16)5-6-14(9-10-3-1-7-20-10)13(17)11-4-2-8-21(11,18)19/h10-11H,1-9H2,(H,15,16). The van der Waals surface area contributed by atoms with Crippen LogP contribution >= 0.6 is 0 Å². The maximum atomic E-state index is 12.5. The van der Waals surface area contributed by atoms with Gasteiger partial charge in [-0.05, 0) is 25.7 Å². The monoisotopic (exact) mass is 319 g/mol. The van der Waals surface area contributed by atoms with Crippen molar-refractivity contribution in [1.29, 1.82) is 0 Å². The van der Waals surface area contributed by atoms with Gasteiger partial charge in [-0.1, -0.05) is 0 Å². The number of amides is 1. The number of carboxylic acid groups (broad SMARTS) is 1. The first-order chi connectivity index (χ1) is 9.90. The van der Waals surface area contributed by atoms with Gasteiger partial charge in [0.15, 0.2) is 9.84 Å². The molecule has 2 atom stereocenters. The van der Waals surface area contributed by atoms with Crippen LogP contribution in [0, 0.1) is 0 Å². The fourth-order valence-electron chi connectivity index (χ4n) is 2.83. The highest BCUT2D eigenvalue weighted by molar-refractivity contribution is 7.93. The van der Waals surface area contributed by atoms with E-state index in [4.69, 9.17) is 9.84 Å². The van der Waals surface area contributed by atoms with Crippen LogP contribution in [0.25, 0.3) is 0 Å². The summed E-state index contributed by atoms with van der Waals surface area (Å²) in [4.78, 5) is 24.5. The lowest BCUT2D eigenvalue weighted by atomic mass is 10.2. The van der Waals surface area contributed by atoms with Crippen molar-refractivity contribution in [3.8, 4) is 0 Å². The van der Waals surface area contributed by atoms with Crippen molar-refractivity contribution in [2.75, 3.05) is 25.4 Å². The molecule has 2 fully saturated rings. The van der Waals surface area contributed by atoms with Crippen LogP contribution in [0.5, 0.6) is 0 Å². The summed E-state index contributed by atoms with van der Waals surface area (Å²) >= 11 is 0. The largest absolute Gasteiger partial charge is 0.481 e. The van der Waals surface area contributed by atoms with Crippen molar-refractivity contribution >= 4 is 21.7 Å². The molecule has 0 aromatic heterocycles. The molecule has 2 heterocycles. The summed E-state index contributed by atoms with van der Waals surface area (Å²) in [6.07, 6.45) is 2.24. The zero-order valence-electron chi connectivity index (χ0n) is 11.9. The highest BCUT2D eigenvalue weighted by Crippen LogP contribution is 2.23. The molecular formula is C13H21NO6S. The molecule has 2 aliphatic rings. The van der Waals surface area contributed by atoms with E-state index in [1.165, 1.54) is 4.90 Å². The molecule has 7 nitrogen and oxygen atoms in total. The van der Waals surface area contributed by atoms with E-state index in [-0.39, 0.29) is 31.4 Å². The number of carbonyl (C=O) groups excluding carboxylic acids is 1. The predicted molar refractivity (Wildman–Crippen MR) is 74.6 cm³/mol. The van der Waals surface area contributed by atoms with E-state index in [0.29, 0.717) is 19.4 Å². The normalized spacial score (nSPS) is 27.6. The summed E-state index contributed by atoms with van der Waals surface area (Å²) in [5.41, 5.74) is 0. The van der Waals surface area contributed by atoms with E-state index in [1.807, 2.05) is 0 Å². The van der Waals surface area contributed by atoms with E-state index < -0.39 is 27.0 Å². The number of aliphatic carboxylic acids is 1. The van der Waals surface area contributed by atoms with Gasteiger partial charge < -0.3 is 14.7 Å². The van der Waals surface area contributed by atoms with Crippen LogP contribution in [-0.4, -0.2) is 67.1 Å². The Balaban J connectivity index is 2.05. The third-order valence-corrected chi connectivity index (χ3v) is 6.12. The Kier molecular flexibility index (Phi) is 5.21. The lowest BCUT2D eigenvalue weighted by molar-refractivity contribution is -0.139. The zero-order valence-corrected chi connectivity index (χ0v) is 12.7. The van der Waals surface area contributed by atoms with Crippen molar-refractivity contribution in [1.82, 2.24) is 4.90 Å². The number of carbonyl (C=O) groups is 2. The molecule has 0 spiro atoms. The number of nitrogens with zero attached hydrogens (tertiary/aromatic N) is 1. The average molecular weight is 319 g/mol. The van der Waals surface area contributed by atoms with Crippen LogP contribution in [0.15, 0.2) is 0 Å².